The highest BCUT2D eigenvalue weighted by molar-refractivity contribution is 9.10. The van der Waals surface area contributed by atoms with Crippen molar-refractivity contribution in [3.05, 3.63) is 27.7 Å². The third-order valence-electron chi connectivity index (χ3n) is 2.52. The molecule has 0 radical (unpaired) electrons. The predicted molar refractivity (Wildman–Crippen MR) is 72.1 cm³/mol. The topological polar surface area (TPSA) is 35.2 Å². The summed E-state index contributed by atoms with van der Waals surface area (Å²) in [6.07, 6.45) is 0.891. The normalized spacial score (nSPS) is 12.9. The highest BCUT2D eigenvalue weighted by atomic mass is 79.9. The molecule has 0 aliphatic rings. The van der Waals surface area contributed by atoms with Gasteiger partial charge in [0.2, 0.25) is 0 Å². The molecular weight excluding hydrogens is 266 g/mol. The molecule has 0 aromatic heterocycles. The smallest absolute Gasteiger partial charge is 0.136 e. The number of rotatable bonds is 4. The lowest BCUT2D eigenvalue weighted by Crippen LogP contribution is -2.18. The van der Waals surface area contributed by atoms with Crippen LogP contribution in [-0.2, 0) is 6.42 Å². The number of hydrogen-bond acceptors (Lipinski definition) is 2. The lowest BCUT2D eigenvalue weighted by Gasteiger charge is -2.16. The van der Waals surface area contributed by atoms with E-state index in [1.807, 2.05) is 6.92 Å². The van der Waals surface area contributed by atoms with E-state index in [0.29, 0.717) is 5.92 Å². The van der Waals surface area contributed by atoms with Gasteiger partial charge in [-0.15, -0.1) is 0 Å². The summed E-state index contributed by atoms with van der Waals surface area (Å²) in [7, 11) is 1.71. The van der Waals surface area contributed by atoms with E-state index >= 15 is 0 Å². The van der Waals surface area contributed by atoms with Crippen LogP contribution in [0, 0.1) is 0 Å². The maximum absolute atomic E-state index is 5.82. The minimum absolute atomic E-state index is 0.181. The number of nitrogens with two attached hydrogens (primary N) is 1. The average Bonchev–Trinajstić information content (AvgIpc) is 2.15. The fraction of sp³-hybridized carbons (Fsp3) is 0.538. The van der Waals surface area contributed by atoms with Crippen molar-refractivity contribution in [2.24, 2.45) is 5.73 Å². The molecule has 16 heavy (non-hydrogen) atoms. The molecule has 0 spiro atoms. The van der Waals surface area contributed by atoms with Gasteiger partial charge in [0.25, 0.3) is 0 Å². The van der Waals surface area contributed by atoms with Gasteiger partial charge in [0.05, 0.1) is 11.6 Å². The van der Waals surface area contributed by atoms with E-state index in [9.17, 15) is 0 Å². The molecule has 90 valence electrons. The van der Waals surface area contributed by atoms with Crippen molar-refractivity contribution in [3.63, 3.8) is 0 Å². The van der Waals surface area contributed by atoms with E-state index in [4.69, 9.17) is 10.5 Å². The monoisotopic (exact) mass is 285 g/mol. The molecule has 1 unspecified atom stereocenters. The quantitative estimate of drug-likeness (QED) is 0.919. The minimum atomic E-state index is 0.181. The van der Waals surface area contributed by atoms with Crippen molar-refractivity contribution in [1.82, 2.24) is 0 Å². The summed E-state index contributed by atoms with van der Waals surface area (Å²) in [6, 6.07) is 4.46. The molecule has 2 nitrogen and oxygen atoms in total. The molecule has 0 saturated heterocycles. The molecule has 0 fully saturated rings. The zero-order chi connectivity index (χ0) is 12.3. The summed E-state index contributed by atoms with van der Waals surface area (Å²) in [5.41, 5.74) is 8.31. The average molecular weight is 286 g/mol. The first-order chi connectivity index (χ1) is 7.45. The Bertz CT molecular complexity index is 361. The Hall–Kier alpha value is -0.540. The largest absolute Gasteiger partial charge is 0.495 e. The molecule has 0 heterocycles. The van der Waals surface area contributed by atoms with Crippen LogP contribution in [0.3, 0.4) is 0 Å². The fourth-order valence-corrected chi connectivity index (χ4v) is 2.49. The van der Waals surface area contributed by atoms with Crippen LogP contribution in [0.25, 0.3) is 0 Å². The van der Waals surface area contributed by atoms with E-state index in [1.54, 1.807) is 7.11 Å². The molecule has 1 atom stereocenters. The predicted octanol–water partition coefficient (Wildman–Crippen LogP) is 3.47. The zero-order valence-electron chi connectivity index (χ0n) is 10.4. The van der Waals surface area contributed by atoms with E-state index in [1.165, 1.54) is 11.1 Å². The van der Waals surface area contributed by atoms with Crippen molar-refractivity contribution in [2.45, 2.75) is 39.2 Å². The number of hydrogen-bond donors (Lipinski definition) is 1. The van der Waals surface area contributed by atoms with Gasteiger partial charge in [-0.2, -0.15) is 0 Å². The second-order valence-corrected chi connectivity index (χ2v) is 5.39. The maximum Gasteiger partial charge on any atom is 0.136 e. The van der Waals surface area contributed by atoms with E-state index < -0.39 is 0 Å². The van der Waals surface area contributed by atoms with Gasteiger partial charge in [-0.05, 0) is 52.4 Å². The van der Waals surface area contributed by atoms with Crippen molar-refractivity contribution in [3.8, 4) is 5.75 Å². The third kappa shape index (κ3) is 3.22. The second-order valence-electron chi connectivity index (χ2n) is 4.54. The van der Waals surface area contributed by atoms with Gasteiger partial charge >= 0.3 is 0 Å². The molecule has 0 bridgehead atoms. The molecule has 1 aromatic carbocycles. The first-order valence-electron chi connectivity index (χ1n) is 5.57. The summed E-state index contributed by atoms with van der Waals surface area (Å²) in [5, 5.41) is 0. The van der Waals surface area contributed by atoms with Gasteiger partial charge in [0.1, 0.15) is 5.75 Å². The third-order valence-corrected chi connectivity index (χ3v) is 3.10. The van der Waals surface area contributed by atoms with Crippen LogP contribution in [-0.4, -0.2) is 13.2 Å². The molecule has 0 saturated carbocycles. The first kappa shape index (κ1) is 13.5. The number of methoxy groups -OCH3 is 1. The lowest BCUT2D eigenvalue weighted by molar-refractivity contribution is 0.404. The second kappa shape index (κ2) is 5.69. The van der Waals surface area contributed by atoms with Crippen LogP contribution in [0.1, 0.15) is 37.8 Å². The summed E-state index contributed by atoms with van der Waals surface area (Å²) < 4.78 is 6.43. The highest BCUT2D eigenvalue weighted by Crippen LogP contribution is 2.35. The SMILES string of the molecule is COc1c(Br)cc(CC(C)N)cc1C(C)C. The van der Waals surface area contributed by atoms with Crippen LogP contribution in [0.5, 0.6) is 5.75 Å². The van der Waals surface area contributed by atoms with Crippen molar-refractivity contribution in [1.29, 1.82) is 0 Å². The number of benzene rings is 1. The number of ether oxygens (including phenoxy) is 1. The van der Waals surface area contributed by atoms with Crippen LogP contribution in [0.2, 0.25) is 0 Å². The van der Waals surface area contributed by atoms with Gasteiger partial charge < -0.3 is 10.5 Å². The summed E-state index contributed by atoms with van der Waals surface area (Å²) in [6.45, 7) is 6.35. The Labute approximate surface area is 106 Å². The Balaban J connectivity index is 3.17. The van der Waals surface area contributed by atoms with E-state index in [0.717, 1.165) is 16.6 Å². The first-order valence-corrected chi connectivity index (χ1v) is 6.36. The highest BCUT2D eigenvalue weighted by Gasteiger charge is 2.13. The summed E-state index contributed by atoms with van der Waals surface area (Å²) in [5.74, 6) is 1.38. The summed E-state index contributed by atoms with van der Waals surface area (Å²) >= 11 is 3.55. The van der Waals surface area contributed by atoms with Crippen LogP contribution < -0.4 is 10.5 Å². The van der Waals surface area contributed by atoms with E-state index in [2.05, 4.69) is 41.9 Å². The maximum atomic E-state index is 5.82. The van der Waals surface area contributed by atoms with Crippen molar-refractivity contribution in [2.75, 3.05) is 7.11 Å². The molecule has 3 heteroatoms. The van der Waals surface area contributed by atoms with Crippen LogP contribution >= 0.6 is 15.9 Å². The fourth-order valence-electron chi connectivity index (χ4n) is 1.81. The molecular formula is C13H20BrNO. The van der Waals surface area contributed by atoms with Gasteiger partial charge in [-0.25, -0.2) is 0 Å². The standard InChI is InChI=1S/C13H20BrNO/c1-8(2)11-6-10(5-9(3)15)7-12(14)13(11)16-4/h6-9H,5,15H2,1-4H3. The molecule has 0 aliphatic heterocycles. The Kier molecular flexibility index (Phi) is 4.81. The summed E-state index contributed by atoms with van der Waals surface area (Å²) in [4.78, 5) is 0. The van der Waals surface area contributed by atoms with Gasteiger partial charge in [0, 0.05) is 6.04 Å². The zero-order valence-corrected chi connectivity index (χ0v) is 12.0. The Morgan fingerprint density at radius 3 is 2.38 bits per heavy atom. The molecule has 1 aromatic rings. The van der Waals surface area contributed by atoms with Crippen molar-refractivity contribution < 1.29 is 4.74 Å². The Morgan fingerprint density at radius 1 is 1.31 bits per heavy atom. The van der Waals surface area contributed by atoms with E-state index in [-0.39, 0.29) is 6.04 Å². The molecule has 2 N–H and O–H groups in total. The van der Waals surface area contributed by atoms with Crippen molar-refractivity contribution >= 4 is 15.9 Å². The molecule has 0 aliphatic carbocycles. The van der Waals surface area contributed by atoms with Gasteiger partial charge in [0.15, 0.2) is 0 Å². The molecule has 0 amide bonds. The minimum Gasteiger partial charge on any atom is -0.495 e. The number of halogens is 1. The lowest BCUT2D eigenvalue weighted by atomic mass is 9.97. The van der Waals surface area contributed by atoms with Crippen LogP contribution in [0.15, 0.2) is 16.6 Å². The Morgan fingerprint density at radius 2 is 1.94 bits per heavy atom. The van der Waals surface area contributed by atoms with Gasteiger partial charge in [-0.1, -0.05) is 19.9 Å². The van der Waals surface area contributed by atoms with Gasteiger partial charge in [-0.3, -0.25) is 0 Å². The van der Waals surface area contributed by atoms with Crippen LogP contribution in [0.4, 0.5) is 0 Å². The molecule has 1 rings (SSSR count).